The highest BCUT2D eigenvalue weighted by Gasteiger charge is 2.07. The molecule has 0 saturated carbocycles. The molecule has 1 aromatic heterocycles. The summed E-state index contributed by atoms with van der Waals surface area (Å²) in [6.45, 7) is 0. The highest BCUT2D eigenvalue weighted by Crippen LogP contribution is 2.14. The summed E-state index contributed by atoms with van der Waals surface area (Å²) in [6, 6.07) is 3.43. The van der Waals surface area contributed by atoms with Crippen LogP contribution in [0.15, 0.2) is 11.2 Å². The number of aromatic nitrogens is 2. The van der Waals surface area contributed by atoms with E-state index in [2.05, 4.69) is 9.97 Å². The molecular formula is C8H4N4O2S. The zero-order chi connectivity index (χ0) is 11.3. The van der Waals surface area contributed by atoms with Gasteiger partial charge in [-0.15, -0.1) is 0 Å². The molecule has 0 aliphatic carbocycles. The summed E-state index contributed by atoms with van der Waals surface area (Å²) >= 11 is 0.944. The van der Waals surface area contributed by atoms with Gasteiger partial charge in [0, 0.05) is 0 Å². The maximum Gasteiger partial charge on any atom is 0.313 e. The molecule has 15 heavy (non-hydrogen) atoms. The van der Waals surface area contributed by atoms with Crippen molar-refractivity contribution in [3.8, 4) is 12.1 Å². The van der Waals surface area contributed by atoms with Crippen LogP contribution in [-0.2, 0) is 4.79 Å². The lowest BCUT2D eigenvalue weighted by Gasteiger charge is -1.98. The van der Waals surface area contributed by atoms with E-state index in [-0.39, 0.29) is 17.1 Å². The molecule has 0 fully saturated rings. The van der Waals surface area contributed by atoms with Crippen molar-refractivity contribution in [2.75, 3.05) is 5.75 Å². The average molecular weight is 220 g/mol. The van der Waals surface area contributed by atoms with Crippen LogP contribution in [0.1, 0.15) is 11.4 Å². The fraction of sp³-hybridized carbons (Fsp3) is 0.125. The maximum atomic E-state index is 10.3. The molecule has 0 aromatic carbocycles. The number of nitriles is 2. The summed E-state index contributed by atoms with van der Waals surface area (Å²) in [5.41, 5.74) is -0.148. The molecule has 1 heterocycles. The Morgan fingerprint density at radius 1 is 1.47 bits per heavy atom. The number of hydrogen-bond acceptors (Lipinski definition) is 6. The number of thioether (sulfide) groups is 1. The van der Waals surface area contributed by atoms with Crippen LogP contribution >= 0.6 is 11.8 Å². The lowest BCUT2D eigenvalue weighted by molar-refractivity contribution is -0.133. The molecule has 0 aliphatic heterocycles. The van der Waals surface area contributed by atoms with E-state index in [9.17, 15) is 4.79 Å². The summed E-state index contributed by atoms with van der Waals surface area (Å²) in [7, 11) is 0. The first-order valence-electron chi connectivity index (χ1n) is 3.69. The van der Waals surface area contributed by atoms with Gasteiger partial charge in [0.25, 0.3) is 0 Å². The van der Waals surface area contributed by atoms with Crippen LogP contribution in [-0.4, -0.2) is 26.8 Å². The first-order chi connectivity index (χ1) is 7.17. The zero-order valence-corrected chi connectivity index (χ0v) is 8.15. The van der Waals surface area contributed by atoms with Crippen LogP contribution in [0.3, 0.4) is 0 Å². The third-order valence-corrected chi connectivity index (χ3v) is 2.19. The van der Waals surface area contributed by atoms with Crippen LogP contribution in [0.25, 0.3) is 0 Å². The van der Waals surface area contributed by atoms with E-state index in [0.29, 0.717) is 5.03 Å². The second-order valence-corrected chi connectivity index (χ2v) is 3.31. The van der Waals surface area contributed by atoms with E-state index in [4.69, 9.17) is 15.6 Å². The molecule has 0 atom stereocenters. The van der Waals surface area contributed by atoms with Crippen molar-refractivity contribution in [3.63, 3.8) is 0 Å². The van der Waals surface area contributed by atoms with Gasteiger partial charge in [0.05, 0.1) is 11.9 Å². The third kappa shape index (κ3) is 2.93. The smallest absolute Gasteiger partial charge is 0.313 e. The van der Waals surface area contributed by atoms with Crippen molar-refractivity contribution in [1.29, 1.82) is 10.5 Å². The van der Waals surface area contributed by atoms with Gasteiger partial charge in [0.2, 0.25) is 0 Å². The van der Waals surface area contributed by atoms with Gasteiger partial charge in [-0.3, -0.25) is 4.79 Å². The summed E-state index contributed by atoms with van der Waals surface area (Å²) in [6.07, 6.45) is 1.27. The quantitative estimate of drug-likeness (QED) is 0.733. The van der Waals surface area contributed by atoms with Crippen molar-refractivity contribution >= 4 is 17.7 Å². The molecule has 0 saturated heterocycles. The van der Waals surface area contributed by atoms with Crippen LogP contribution < -0.4 is 0 Å². The number of rotatable bonds is 3. The topological polar surface area (TPSA) is 111 Å². The van der Waals surface area contributed by atoms with Crippen molar-refractivity contribution in [2.45, 2.75) is 5.03 Å². The SMILES string of the molecule is N#Cc1ncc(SCC(=O)O)nc1C#N. The van der Waals surface area contributed by atoms with Crippen LogP contribution in [0.5, 0.6) is 0 Å². The molecule has 7 heteroatoms. The molecule has 0 aliphatic rings. The van der Waals surface area contributed by atoms with Gasteiger partial charge in [-0.2, -0.15) is 10.5 Å². The average Bonchev–Trinajstić information content (AvgIpc) is 2.25. The molecule has 1 N–H and O–H groups in total. The minimum Gasteiger partial charge on any atom is -0.481 e. The summed E-state index contributed by atoms with van der Waals surface area (Å²) in [4.78, 5) is 17.7. The molecule has 1 aromatic rings. The summed E-state index contributed by atoms with van der Waals surface area (Å²) in [5.74, 6) is -1.14. The van der Waals surface area contributed by atoms with E-state index in [0.717, 1.165) is 11.8 Å². The van der Waals surface area contributed by atoms with Crippen LogP contribution in [0.4, 0.5) is 0 Å². The Labute approximate surface area is 89.2 Å². The molecule has 0 spiro atoms. The lowest BCUT2D eigenvalue weighted by atomic mass is 10.3. The predicted octanol–water partition coefficient (Wildman–Crippen LogP) is 0.397. The van der Waals surface area contributed by atoms with Crippen molar-refractivity contribution in [2.24, 2.45) is 0 Å². The number of hydrogen-bond donors (Lipinski definition) is 1. The first kappa shape index (κ1) is 11.0. The molecule has 0 amide bonds. The zero-order valence-electron chi connectivity index (χ0n) is 7.34. The number of carboxylic acid groups (broad SMARTS) is 1. The molecule has 0 bridgehead atoms. The number of aliphatic carboxylic acids is 1. The van der Waals surface area contributed by atoms with E-state index < -0.39 is 5.97 Å². The summed E-state index contributed by atoms with van der Waals surface area (Å²) < 4.78 is 0. The van der Waals surface area contributed by atoms with Crippen molar-refractivity contribution in [1.82, 2.24) is 9.97 Å². The Morgan fingerprint density at radius 3 is 2.67 bits per heavy atom. The number of carboxylic acids is 1. The molecule has 0 unspecified atom stereocenters. The van der Waals surface area contributed by atoms with Gasteiger partial charge < -0.3 is 5.11 Å². The van der Waals surface area contributed by atoms with E-state index in [1.807, 2.05) is 0 Å². The third-order valence-electron chi connectivity index (χ3n) is 1.31. The monoisotopic (exact) mass is 220 g/mol. The Morgan fingerprint density at radius 2 is 2.13 bits per heavy atom. The fourth-order valence-corrected chi connectivity index (χ4v) is 1.29. The highest BCUT2D eigenvalue weighted by molar-refractivity contribution is 7.99. The molecule has 0 radical (unpaired) electrons. The largest absolute Gasteiger partial charge is 0.481 e. The van der Waals surface area contributed by atoms with Crippen LogP contribution in [0.2, 0.25) is 0 Å². The Bertz CT molecular complexity index is 475. The first-order valence-corrected chi connectivity index (χ1v) is 4.67. The Kier molecular flexibility index (Phi) is 3.61. The minimum atomic E-state index is -0.982. The normalized spacial score (nSPS) is 8.93. The van der Waals surface area contributed by atoms with Gasteiger partial charge in [-0.05, 0) is 0 Å². The molecule has 6 nitrogen and oxygen atoms in total. The predicted molar refractivity (Wildman–Crippen MR) is 49.8 cm³/mol. The Hall–Kier alpha value is -2.12. The fourth-order valence-electron chi connectivity index (χ4n) is 0.738. The standard InChI is InChI=1S/C8H4N4O2S/c9-1-5-6(2-10)12-7(3-11-5)15-4-8(13)14/h3H,4H2,(H,13,14). The van der Waals surface area contributed by atoms with Gasteiger partial charge in [0.1, 0.15) is 17.2 Å². The molecule has 1 rings (SSSR count). The number of carbonyl (C=O) groups is 1. The van der Waals surface area contributed by atoms with Crippen molar-refractivity contribution in [3.05, 3.63) is 17.6 Å². The minimum absolute atomic E-state index is 0.0582. The van der Waals surface area contributed by atoms with Crippen molar-refractivity contribution < 1.29 is 9.90 Å². The molecule has 74 valence electrons. The van der Waals surface area contributed by atoms with E-state index in [1.54, 1.807) is 12.1 Å². The van der Waals surface area contributed by atoms with Gasteiger partial charge in [-0.25, -0.2) is 9.97 Å². The van der Waals surface area contributed by atoms with Gasteiger partial charge in [0.15, 0.2) is 11.4 Å². The van der Waals surface area contributed by atoms with E-state index in [1.165, 1.54) is 6.20 Å². The Balaban J connectivity index is 2.91. The van der Waals surface area contributed by atoms with Gasteiger partial charge in [-0.1, -0.05) is 11.8 Å². The second-order valence-electron chi connectivity index (χ2n) is 2.31. The second kappa shape index (κ2) is 4.94. The maximum absolute atomic E-state index is 10.3. The van der Waals surface area contributed by atoms with E-state index >= 15 is 0 Å². The van der Waals surface area contributed by atoms with Crippen LogP contribution in [0, 0.1) is 22.7 Å². The lowest BCUT2D eigenvalue weighted by Crippen LogP contribution is -2.00. The molecular weight excluding hydrogens is 216 g/mol. The number of nitrogens with zero attached hydrogens (tertiary/aromatic N) is 4. The van der Waals surface area contributed by atoms with Gasteiger partial charge >= 0.3 is 5.97 Å². The summed E-state index contributed by atoms with van der Waals surface area (Å²) in [5, 5.41) is 25.9. The highest BCUT2D eigenvalue weighted by atomic mass is 32.2.